The SMILES string of the molecule is C[C@H](Cc1ccc2[nH]c(C(=O)N3CCC(O)(c4ccc(Cl)cc4)CC3)cc2c1)NC[C@H](O)c1ccc(O)c(NS(C)(=O)=O)c1. The molecule has 0 saturated carbocycles. The summed E-state index contributed by atoms with van der Waals surface area (Å²) in [6, 6.07) is 19.3. The Labute approximate surface area is 261 Å². The van der Waals surface area contributed by atoms with Gasteiger partial charge in [-0.25, -0.2) is 8.42 Å². The molecule has 0 bridgehead atoms. The van der Waals surface area contributed by atoms with Crippen LogP contribution in [0, 0.1) is 0 Å². The van der Waals surface area contributed by atoms with Gasteiger partial charge in [0, 0.05) is 41.6 Å². The molecule has 0 unspecified atom stereocenters. The first-order chi connectivity index (χ1) is 20.8. The fraction of sp³-hybridized carbons (Fsp3) is 0.344. The second-order valence-electron chi connectivity index (χ2n) is 11.6. The van der Waals surface area contributed by atoms with Crippen molar-refractivity contribution >= 4 is 44.1 Å². The van der Waals surface area contributed by atoms with E-state index in [1.807, 2.05) is 43.3 Å². The molecular weight excluding hydrogens is 604 g/mol. The molecule has 44 heavy (non-hydrogen) atoms. The standard InChI is InChI=1S/C32H37ClN4O6S/c1-20(34-19-30(39)22-4-10-29(38)27(17-22)36-44(2,42)43)15-21-3-9-26-23(16-21)18-28(35-26)31(40)37-13-11-32(41,12-14-37)24-5-7-25(33)8-6-24/h3-10,16-18,20,30,34-36,38-39,41H,11-15,19H2,1-2H3/t20-,30+/m1/s1. The number of aliphatic hydroxyl groups is 2. The van der Waals surface area contributed by atoms with Gasteiger partial charge < -0.3 is 30.5 Å². The van der Waals surface area contributed by atoms with Crippen molar-refractivity contribution in [3.8, 4) is 5.75 Å². The highest BCUT2D eigenvalue weighted by atomic mass is 35.5. The summed E-state index contributed by atoms with van der Waals surface area (Å²) in [4.78, 5) is 18.3. The second kappa shape index (κ2) is 12.8. The highest BCUT2D eigenvalue weighted by molar-refractivity contribution is 7.92. The number of sulfonamides is 1. The van der Waals surface area contributed by atoms with Crippen molar-refractivity contribution in [3.63, 3.8) is 0 Å². The Bertz CT molecular complexity index is 1750. The highest BCUT2D eigenvalue weighted by Gasteiger charge is 2.36. The first-order valence-electron chi connectivity index (χ1n) is 14.4. The minimum atomic E-state index is -3.59. The average molecular weight is 641 g/mol. The van der Waals surface area contributed by atoms with E-state index in [9.17, 15) is 28.5 Å². The van der Waals surface area contributed by atoms with E-state index in [0.29, 0.717) is 48.6 Å². The largest absolute Gasteiger partial charge is 0.506 e. The molecule has 0 spiro atoms. The molecule has 1 fully saturated rings. The molecule has 3 aromatic carbocycles. The molecule has 4 aromatic rings. The Balaban J connectivity index is 1.17. The van der Waals surface area contributed by atoms with Gasteiger partial charge in [-0.2, -0.15) is 0 Å². The first kappa shape index (κ1) is 31.8. The molecule has 1 saturated heterocycles. The fourth-order valence-electron chi connectivity index (χ4n) is 5.62. The maximum absolute atomic E-state index is 13.3. The topological polar surface area (TPSA) is 155 Å². The predicted octanol–water partition coefficient (Wildman–Crippen LogP) is 4.28. The lowest BCUT2D eigenvalue weighted by molar-refractivity contribution is -0.0212. The zero-order valence-electron chi connectivity index (χ0n) is 24.5. The van der Waals surface area contributed by atoms with Crippen LogP contribution >= 0.6 is 11.6 Å². The van der Waals surface area contributed by atoms with E-state index in [1.54, 1.807) is 23.1 Å². The number of amides is 1. The van der Waals surface area contributed by atoms with Crippen LogP contribution < -0.4 is 10.0 Å². The minimum Gasteiger partial charge on any atom is -0.506 e. The summed E-state index contributed by atoms with van der Waals surface area (Å²) in [5, 5.41) is 36.6. The van der Waals surface area contributed by atoms with Crippen molar-refractivity contribution in [1.82, 2.24) is 15.2 Å². The lowest BCUT2D eigenvalue weighted by Gasteiger charge is -2.38. The number of phenolic OH excluding ortho intramolecular Hbond substituents is 1. The normalized spacial score (nSPS) is 16.5. The fourth-order valence-corrected chi connectivity index (χ4v) is 6.31. The van der Waals surface area contributed by atoms with Crippen molar-refractivity contribution in [1.29, 1.82) is 0 Å². The molecule has 6 N–H and O–H groups in total. The van der Waals surface area contributed by atoms with Crippen LogP contribution in [0.3, 0.4) is 0 Å². The van der Waals surface area contributed by atoms with Crippen molar-refractivity contribution in [2.75, 3.05) is 30.6 Å². The molecule has 1 aromatic heterocycles. The molecule has 0 aliphatic carbocycles. The van der Waals surface area contributed by atoms with E-state index in [1.165, 1.54) is 12.1 Å². The summed E-state index contributed by atoms with van der Waals surface area (Å²) in [7, 11) is -3.59. The number of likely N-dealkylation sites (tertiary alicyclic amines) is 1. The number of piperidine rings is 1. The Morgan fingerprint density at radius 1 is 1.07 bits per heavy atom. The number of rotatable bonds is 10. The number of aromatic amines is 1. The molecule has 234 valence electrons. The molecule has 2 atom stereocenters. The number of aliphatic hydroxyl groups excluding tert-OH is 1. The van der Waals surface area contributed by atoms with E-state index < -0.39 is 21.7 Å². The number of H-pyrrole nitrogens is 1. The number of fused-ring (bicyclic) bond motifs is 1. The highest BCUT2D eigenvalue weighted by Crippen LogP contribution is 2.34. The lowest BCUT2D eigenvalue weighted by atomic mass is 9.84. The first-order valence-corrected chi connectivity index (χ1v) is 16.7. The number of benzene rings is 3. The van der Waals surface area contributed by atoms with Gasteiger partial charge in [0.05, 0.1) is 23.6 Å². The van der Waals surface area contributed by atoms with Crippen LogP contribution in [-0.4, -0.2) is 71.5 Å². The van der Waals surface area contributed by atoms with Crippen LogP contribution in [0.1, 0.15) is 53.0 Å². The lowest BCUT2D eigenvalue weighted by Crippen LogP contribution is -2.45. The van der Waals surface area contributed by atoms with Crippen LogP contribution in [0.5, 0.6) is 5.75 Å². The average Bonchev–Trinajstić information content (AvgIpc) is 3.40. The molecular formula is C32H37ClN4O6S. The number of aromatic nitrogens is 1. The molecule has 0 radical (unpaired) electrons. The van der Waals surface area contributed by atoms with Gasteiger partial charge in [-0.15, -0.1) is 0 Å². The number of anilines is 1. The third-order valence-corrected chi connectivity index (χ3v) is 8.92. The number of carbonyl (C=O) groups excluding carboxylic acids is 1. The van der Waals surface area contributed by atoms with Crippen molar-refractivity contribution in [3.05, 3.63) is 94.1 Å². The Morgan fingerprint density at radius 2 is 1.77 bits per heavy atom. The third-order valence-electron chi connectivity index (χ3n) is 8.08. The van der Waals surface area contributed by atoms with E-state index in [4.69, 9.17) is 11.6 Å². The smallest absolute Gasteiger partial charge is 0.270 e. The van der Waals surface area contributed by atoms with Gasteiger partial charge in [0.1, 0.15) is 11.4 Å². The molecule has 5 rings (SSSR count). The van der Waals surface area contributed by atoms with Crippen molar-refractivity contribution in [2.45, 2.75) is 43.9 Å². The number of nitrogens with one attached hydrogen (secondary N) is 3. The van der Waals surface area contributed by atoms with Gasteiger partial charge in [0.25, 0.3) is 5.91 Å². The Morgan fingerprint density at radius 3 is 2.45 bits per heavy atom. The quantitative estimate of drug-likeness (QED) is 0.141. The Hall–Kier alpha value is -3.61. The molecule has 1 aliphatic heterocycles. The van der Waals surface area contributed by atoms with E-state index in [2.05, 4.69) is 15.0 Å². The maximum Gasteiger partial charge on any atom is 0.270 e. The number of aromatic hydroxyl groups is 1. The molecule has 10 nitrogen and oxygen atoms in total. The zero-order valence-corrected chi connectivity index (χ0v) is 26.1. The summed E-state index contributed by atoms with van der Waals surface area (Å²) in [6.07, 6.45) is 1.62. The number of halogens is 1. The molecule has 1 amide bonds. The summed E-state index contributed by atoms with van der Waals surface area (Å²) in [5.41, 5.74) is 2.70. The summed E-state index contributed by atoms with van der Waals surface area (Å²) >= 11 is 5.99. The number of nitrogens with zero attached hydrogens (tertiary/aromatic N) is 1. The van der Waals surface area contributed by atoms with Crippen LogP contribution in [0.15, 0.2) is 66.7 Å². The third kappa shape index (κ3) is 7.54. The number of hydrogen-bond donors (Lipinski definition) is 6. The molecule has 12 heteroatoms. The van der Waals surface area contributed by atoms with Crippen LogP contribution in [0.25, 0.3) is 10.9 Å². The Kier molecular flexibility index (Phi) is 9.24. The van der Waals surface area contributed by atoms with Crippen LogP contribution in [-0.2, 0) is 22.0 Å². The van der Waals surface area contributed by atoms with Crippen LogP contribution in [0.2, 0.25) is 5.02 Å². The monoisotopic (exact) mass is 640 g/mol. The second-order valence-corrected chi connectivity index (χ2v) is 13.8. The maximum atomic E-state index is 13.3. The predicted molar refractivity (Wildman–Crippen MR) is 171 cm³/mol. The number of carbonyl (C=O) groups is 1. The van der Waals surface area contributed by atoms with Crippen LogP contribution in [0.4, 0.5) is 5.69 Å². The van der Waals surface area contributed by atoms with E-state index in [-0.39, 0.29) is 29.9 Å². The minimum absolute atomic E-state index is 0.000567. The number of hydrogen-bond acceptors (Lipinski definition) is 7. The summed E-state index contributed by atoms with van der Waals surface area (Å²) < 4.78 is 25.4. The van der Waals surface area contributed by atoms with Gasteiger partial charge in [-0.3, -0.25) is 9.52 Å². The number of phenols is 1. The van der Waals surface area contributed by atoms with Gasteiger partial charge in [0.2, 0.25) is 10.0 Å². The summed E-state index contributed by atoms with van der Waals surface area (Å²) in [6.45, 7) is 3.09. The van der Waals surface area contributed by atoms with Gasteiger partial charge >= 0.3 is 0 Å². The molecule has 1 aliphatic rings. The van der Waals surface area contributed by atoms with Gasteiger partial charge in [-0.1, -0.05) is 35.9 Å². The van der Waals surface area contributed by atoms with E-state index >= 15 is 0 Å². The van der Waals surface area contributed by atoms with Gasteiger partial charge in [-0.05, 0) is 85.3 Å². The zero-order chi connectivity index (χ0) is 31.6. The van der Waals surface area contributed by atoms with Crippen molar-refractivity contribution < 1.29 is 28.5 Å². The summed E-state index contributed by atoms with van der Waals surface area (Å²) in [5.74, 6) is -0.330. The van der Waals surface area contributed by atoms with Gasteiger partial charge in [0.15, 0.2) is 0 Å². The van der Waals surface area contributed by atoms with Crippen molar-refractivity contribution in [2.24, 2.45) is 0 Å². The molecule has 2 heterocycles. The van der Waals surface area contributed by atoms with E-state index in [0.717, 1.165) is 28.3 Å².